The number of rotatable bonds is 3. The summed E-state index contributed by atoms with van der Waals surface area (Å²) in [6, 6.07) is 2.48. The quantitative estimate of drug-likeness (QED) is 0.787. The first-order valence-corrected chi connectivity index (χ1v) is 7.03. The van der Waals surface area contributed by atoms with Gasteiger partial charge in [-0.1, -0.05) is 0 Å². The van der Waals surface area contributed by atoms with E-state index in [4.69, 9.17) is 0 Å². The van der Waals surface area contributed by atoms with Crippen LogP contribution in [0.1, 0.15) is 6.92 Å². The molecule has 0 unspecified atom stereocenters. The molecule has 0 aliphatic heterocycles. The highest BCUT2D eigenvalue weighted by Crippen LogP contribution is 2.31. The first-order valence-electron chi connectivity index (χ1n) is 5.44. The van der Waals surface area contributed by atoms with Crippen molar-refractivity contribution >= 4 is 37.7 Å². The van der Waals surface area contributed by atoms with Crippen LogP contribution in [0.3, 0.4) is 0 Å². The molecule has 100 valence electrons. The van der Waals surface area contributed by atoms with E-state index in [2.05, 4.69) is 47.1 Å². The van der Waals surface area contributed by atoms with Gasteiger partial charge in [-0.2, -0.15) is 0 Å². The molecule has 1 heterocycles. The van der Waals surface area contributed by atoms with Crippen LogP contribution in [-0.4, -0.2) is 16.5 Å². The van der Waals surface area contributed by atoms with E-state index in [0.717, 1.165) is 6.07 Å². The first kappa shape index (κ1) is 14.3. The summed E-state index contributed by atoms with van der Waals surface area (Å²) >= 11 is 6.34. The highest BCUT2D eigenvalue weighted by molar-refractivity contribution is 9.11. The van der Waals surface area contributed by atoms with Gasteiger partial charge in [0.05, 0.1) is 8.95 Å². The fourth-order valence-corrected chi connectivity index (χ4v) is 2.32. The predicted octanol–water partition coefficient (Wildman–Crippen LogP) is 4.38. The Morgan fingerprint density at radius 1 is 1.26 bits per heavy atom. The number of anilines is 1. The zero-order valence-corrected chi connectivity index (χ0v) is 13.0. The van der Waals surface area contributed by atoms with Crippen molar-refractivity contribution in [3.8, 4) is 11.4 Å². The number of halogens is 4. The van der Waals surface area contributed by atoms with Crippen LogP contribution >= 0.6 is 31.9 Å². The zero-order valence-electron chi connectivity index (χ0n) is 9.85. The Kier molecular flexibility index (Phi) is 4.46. The van der Waals surface area contributed by atoms with Crippen molar-refractivity contribution in [2.45, 2.75) is 6.92 Å². The van der Waals surface area contributed by atoms with Crippen molar-refractivity contribution in [3.05, 3.63) is 38.9 Å². The molecule has 2 aromatic rings. The minimum Gasteiger partial charge on any atom is -0.369 e. The second-order valence-corrected chi connectivity index (χ2v) is 5.29. The van der Waals surface area contributed by atoms with E-state index in [9.17, 15) is 8.78 Å². The summed E-state index contributed by atoms with van der Waals surface area (Å²) in [7, 11) is 0. The van der Waals surface area contributed by atoms with Crippen molar-refractivity contribution in [1.29, 1.82) is 0 Å². The highest BCUT2D eigenvalue weighted by atomic mass is 79.9. The van der Waals surface area contributed by atoms with Crippen LogP contribution in [0.5, 0.6) is 0 Å². The van der Waals surface area contributed by atoms with E-state index >= 15 is 0 Å². The minimum absolute atomic E-state index is 0.0114. The van der Waals surface area contributed by atoms with Crippen LogP contribution in [0.4, 0.5) is 14.6 Å². The highest BCUT2D eigenvalue weighted by Gasteiger charge is 2.15. The number of benzene rings is 1. The van der Waals surface area contributed by atoms with Crippen molar-refractivity contribution in [2.75, 3.05) is 11.9 Å². The Hall–Kier alpha value is -1.08. The molecule has 19 heavy (non-hydrogen) atoms. The number of aromatic nitrogens is 2. The lowest BCUT2D eigenvalue weighted by molar-refractivity contribution is 0.504. The molecule has 0 amide bonds. The number of hydrogen-bond acceptors (Lipinski definition) is 3. The maximum atomic E-state index is 13.5. The van der Waals surface area contributed by atoms with Gasteiger partial charge < -0.3 is 5.32 Å². The number of nitrogens with zero attached hydrogens (tertiary/aromatic N) is 2. The van der Waals surface area contributed by atoms with Gasteiger partial charge in [-0.15, -0.1) is 0 Å². The Bertz CT molecular complexity index is 620. The molecule has 0 atom stereocenters. The topological polar surface area (TPSA) is 37.8 Å². The van der Waals surface area contributed by atoms with Crippen LogP contribution in [0.2, 0.25) is 0 Å². The Morgan fingerprint density at radius 2 is 2.00 bits per heavy atom. The molecule has 0 radical (unpaired) electrons. The van der Waals surface area contributed by atoms with Gasteiger partial charge in [0.2, 0.25) is 0 Å². The lowest BCUT2D eigenvalue weighted by atomic mass is 10.2. The molecule has 0 aliphatic rings. The fraction of sp³-hybridized carbons (Fsp3) is 0.167. The normalized spacial score (nSPS) is 10.6. The monoisotopic (exact) mass is 391 g/mol. The molecule has 0 aliphatic carbocycles. The van der Waals surface area contributed by atoms with Crippen LogP contribution in [0, 0.1) is 11.6 Å². The predicted molar refractivity (Wildman–Crippen MR) is 76.9 cm³/mol. The summed E-state index contributed by atoms with van der Waals surface area (Å²) in [4.78, 5) is 8.38. The van der Waals surface area contributed by atoms with Crippen LogP contribution in [-0.2, 0) is 0 Å². The third kappa shape index (κ3) is 2.92. The van der Waals surface area contributed by atoms with Gasteiger partial charge in [-0.3, -0.25) is 0 Å². The van der Waals surface area contributed by atoms with Gasteiger partial charge in [-0.05, 0) is 50.9 Å². The first-order chi connectivity index (χ1) is 9.04. The molecule has 2 rings (SSSR count). The van der Waals surface area contributed by atoms with Gasteiger partial charge in [-0.25, -0.2) is 18.7 Å². The second kappa shape index (κ2) is 5.92. The second-order valence-electron chi connectivity index (χ2n) is 3.64. The average molecular weight is 393 g/mol. The van der Waals surface area contributed by atoms with Gasteiger partial charge in [0, 0.05) is 18.3 Å². The Balaban J connectivity index is 2.53. The van der Waals surface area contributed by atoms with Crippen LogP contribution in [0.25, 0.3) is 11.4 Å². The van der Waals surface area contributed by atoms with E-state index in [1.54, 1.807) is 6.20 Å². The van der Waals surface area contributed by atoms with Gasteiger partial charge >= 0.3 is 0 Å². The largest absolute Gasteiger partial charge is 0.369 e. The average Bonchev–Trinajstić information content (AvgIpc) is 2.39. The molecule has 3 nitrogen and oxygen atoms in total. The molecular formula is C12H9Br2F2N3. The third-order valence-corrected chi connectivity index (χ3v) is 3.72. The summed E-state index contributed by atoms with van der Waals surface area (Å²) in [6.07, 6.45) is 1.56. The SMILES string of the molecule is CCNc1nc(-c2ccc(F)c(F)c2Br)ncc1Br. The van der Waals surface area contributed by atoms with Gasteiger partial charge in [0.25, 0.3) is 0 Å². The molecule has 7 heteroatoms. The van der Waals surface area contributed by atoms with Gasteiger partial charge in [0.1, 0.15) is 5.82 Å². The Morgan fingerprint density at radius 3 is 2.68 bits per heavy atom. The van der Waals surface area contributed by atoms with E-state index in [1.807, 2.05) is 6.92 Å². The standard InChI is InChI=1S/C12H9Br2F2N3/c1-2-17-12-7(13)5-18-11(19-12)6-3-4-8(15)10(16)9(6)14/h3-5H,2H2,1H3,(H,17,18,19). The molecule has 0 bridgehead atoms. The molecule has 1 N–H and O–H groups in total. The van der Waals surface area contributed by atoms with Crippen molar-refractivity contribution < 1.29 is 8.78 Å². The molecule has 1 aromatic heterocycles. The molecule has 0 saturated carbocycles. The molecular weight excluding hydrogens is 384 g/mol. The summed E-state index contributed by atoms with van der Waals surface area (Å²) in [5, 5.41) is 3.05. The summed E-state index contributed by atoms with van der Waals surface area (Å²) in [6.45, 7) is 2.62. The van der Waals surface area contributed by atoms with E-state index in [1.165, 1.54) is 6.07 Å². The maximum absolute atomic E-state index is 13.5. The number of hydrogen-bond donors (Lipinski definition) is 1. The van der Waals surface area contributed by atoms with E-state index in [-0.39, 0.29) is 4.47 Å². The van der Waals surface area contributed by atoms with Crippen molar-refractivity contribution in [2.24, 2.45) is 0 Å². The maximum Gasteiger partial charge on any atom is 0.173 e. The van der Waals surface area contributed by atoms with Crippen LogP contribution in [0.15, 0.2) is 27.3 Å². The van der Waals surface area contributed by atoms with E-state index in [0.29, 0.717) is 28.2 Å². The molecule has 0 fully saturated rings. The third-order valence-electron chi connectivity index (χ3n) is 2.36. The van der Waals surface area contributed by atoms with Crippen molar-refractivity contribution in [3.63, 3.8) is 0 Å². The molecule has 1 aromatic carbocycles. The van der Waals surface area contributed by atoms with Crippen molar-refractivity contribution in [1.82, 2.24) is 9.97 Å². The lowest BCUT2D eigenvalue weighted by Gasteiger charge is -2.09. The summed E-state index contributed by atoms with van der Waals surface area (Å²) in [5.74, 6) is -0.956. The van der Waals surface area contributed by atoms with Crippen LogP contribution < -0.4 is 5.32 Å². The Labute approximate surface area is 125 Å². The summed E-state index contributed by atoms with van der Waals surface area (Å²) in [5.41, 5.74) is 0.394. The lowest BCUT2D eigenvalue weighted by Crippen LogP contribution is -2.03. The fourth-order valence-electron chi connectivity index (χ4n) is 1.49. The number of nitrogens with one attached hydrogen (secondary N) is 1. The smallest absolute Gasteiger partial charge is 0.173 e. The molecule has 0 spiro atoms. The summed E-state index contributed by atoms with van der Waals surface area (Å²) < 4.78 is 27.3. The molecule has 0 saturated heterocycles. The zero-order chi connectivity index (χ0) is 14.0. The minimum atomic E-state index is -0.950. The van der Waals surface area contributed by atoms with E-state index < -0.39 is 11.6 Å². The van der Waals surface area contributed by atoms with Gasteiger partial charge in [0.15, 0.2) is 17.5 Å².